The Hall–Kier alpha value is -1.75. The van der Waals surface area contributed by atoms with Gasteiger partial charge >= 0.3 is 0 Å². The fourth-order valence-corrected chi connectivity index (χ4v) is 0.788. The van der Waals surface area contributed by atoms with E-state index in [0.717, 1.165) is 0 Å². The zero-order valence-corrected chi connectivity index (χ0v) is 7.10. The number of nitriles is 2. The van der Waals surface area contributed by atoms with Gasteiger partial charge in [0.15, 0.2) is 12.4 Å². The average molecular weight is 182 g/mol. The number of carbonyl (C=O) groups excluding carboxylic acids is 1. The van der Waals surface area contributed by atoms with E-state index < -0.39 is 6.10 Å². The molecule has 0 aliphatic rings. The molecule has 5 nitrogen and oxygen atoms in total. The maximum atomic E-state index is 10.3. The summed E-state index contributed by atoms with van der Waals surface area (Å²) >= 11 is 0. The van der Waals surface area contributed by atoms with Crippen molar-refractivity contribution in [1.82, 2.24) is 0 Å². The highest BCUT2D eigenvalue weighted by Gasteiger charge is 2.06. The molecule has 0 aromatic rings. The lowest BCUT2D eigenvalue weighted by molar-refractivity contribution is -0.115. The SMILES string of the molecule is N#COCCCCC(C=O)OC#N. The van der Waals surface area contributed by atoms with Gasteiger partial charge in [0.25, 0.3) is 12.5 Å². The van der Waals surface area contributed by atoms with Crippen LogP contribution in [0.3, 0.4) is 0 Å². The van der Waals surface area contributed by atoms with Crippen LogP contribution in [-0.2, 0) is 14.3 Å². The highest BCUT2D eigenvalue weighted by molar-refractivity contribution is 5.56. The number of hydrogen-bond acceptors (Lipinski definition) is 5. The van der Waals surface area contributed by atoms with Crippen molar-refractivity contribution in [3.05, 3.63) is 0 Å². The Kier molecular flexibility index (Phi) is 7.22. The monoisotopic (exact) mass is 182 g/mol. The number of carbonyl (C=O) groups is 1. The predicted octanol–water partition coefficient (Wildman–Crippen LogP) is 0.720. The summed E-state index contributed by atoms with van der Waals surface area (Å²) in [5, 5.41) is 16.1. The minimum absolute atomic E-state index is 0.342. The fourth-order valence-electron chi connectivity index (χ4n) is 0.788. The Morgan fingerprint density at radius 3 is 2.62 bits per heavy atom. The van der Waals surface area contributed by atoms with Gasteiger partial charge in [-0.15, -0.1) is 0 Å². The minimum Gasteiger partial charge on any atom is -0.428 e. The van der Waals surface area contributed by atoms with Crippen molar-refractivity contribution in [2.45, 2.75) is 25.4 Å². The van der Waals surface area contributed by atoms with Crippen LogP contribution in [0.15, 0.2) is 0 Å². The first-order valence-electron chi connectivity index (χ1n) is 3.86. The molecule has 13 heavy (non-hydrogen) atoms. The van der Waals surface area contributed by atoms with E-state index in [4.69, 9.17) is 10.5 Å². The van der Waals surface area contributed by atoms with Gasteiger partial charge in [-0.3, -0.25) is 4.79 Å². The molecule has 0 heterocycles. The van der Waals surface area contributed by atoms with Crippen LogP contribution >= 0.6 is 0 Å². The molecule has 0 spiro atoms. The van der Waals surface area contributed by atoms with Crippen molar-refractivity contribution < 1.29 is 14.3 Å². The Labute approximate surface area is 76.5 Å². The van der Waals surface area contributed by atoms with Gasteiger partial charge in [-0.1, -0.05) is 0 Å². The molecule has 0 N–H and O–H groups in total. The number of aldehydes is 1. The van der Waals surface area contributed by atoms with Crippen molar-refractivity contribution in [1.29, 1.82) is 10.5 Å². The number of unbranched alkanes of at least 4 members (excludes halogenated alkanes) is 1. The predicted molar refractivity (Wildman–Crippen MR) is 42.0 cm³/mol. The van der Waals surface area contributed by atoms with Gasteiger partial charge in [-0.2, -0.15) is 10.5 Å². The van der Waals surface area contributed by atoms with E-state index in [2.05, 4.69) is 9.47 Å². The first-order chi connectivity index (χ1) is 6.35. The summed E-state index contributed by atoms with van der Waals surface area (Å²) in [4.78, 5) is 10.3. The summed E-state index contributed by atoms with van der Waals surface area (Å²) in [5.41, 5.74) is 0. The largest absolute Gasteiger partial charge is 0.428 e. The molecule has 0 rings (SSSR count). The molecule has 0 fully saturated rings. The molecule has 5 heteroatoms. The molecule has 1 unspecified atom stereocenters. The number of hydrogen-bond donors (Lipinski definition) is 0. The van der Waals surface area contributed by atoms with Crippen LogP contribution in [0.2, 0.25) is 0 Å². The molecule has 0 bridgehead atoms. The van der Waals surface area contributed by atoms with E-state index in [1.54, 1.807) is 6.26 Å². The van der Waals surface area contributed by atoms with Crippen LogP contribution in [0.4, 0.5) is 0 Å². The molecule has 0 aromatic carbocycles. The lowest BCUT2D eigenvalue weighted by atomic mass is 10.2. The molecule has 70 valence electrons. The third-order valence-corrected chi connectivity index (χ3v) is 1.41. The molecule has 0 radical (unpaired) electrons. The fraction of sp³-hybridized carbons (Fsp3) is 0.625. The maximum Gasteiger partial charge on any atom is 0.287 e. The van der Waals surface area contributed by atoms with Crippen LogP contribution in [0, 0.1) is 23.0 Å². The van der Waals surface area contributed by atoms with Gasteiger partial charge in [0.05, 0.1) is 0 Å². The molecule has 1 atom stereocenters. The van der Waals surface area contributed by atoms with Crippen LogP contribution < -0.4 is 0 Å². The maximum absolute atomic E-state index is 10.3. The first kappa shape index (κ1) is 11.2. The Morgan fingerprint density at radius 1 is 1.31 bits per heavy atom. The average Bonchev–Trinajstić information content (AvgIpc) is 2.16. The van der Waals surface area contributed by atoms with Crippen molar-refractivity contribution in [3.8, 4) is 12.5 Å². The lowest BCUT2D eigenvalue weighted by Crippen LogP contribution is -2.11. The normalized spacial score (nSPS) is 10.6. The quantitative estimate of drug-likeness (QED) is 0.329. The topological polar surface area (TPSA) is 83.1 Å². The van der Waals surface area contributed by atoms with Crippen LogP contribution in [-0.4, -0.2) is 19.0 Å². The van der Waals surface area contributed by atoms with Crippen LogP contribution in [0.1, 0.15) is 19.3 Å². The van der Waals surface area contributed by atoms with E-state index in [-0.39, 0.29) is 0 Å². The van der Waals surface area contributed by atoms with E-state index in [0.29, 0.717) is 32.2 Å². The Morgan fingerprint density at radius 2 is 2.08 bits per heavy atom. The standard InChI is InChI=1S/C8H10N2O3/c9-6-12-4-2-1-3-8(5-11)13-7-10/h5,8H,1-4H2. The zero-order chi connectivity index (χ0) is 9.94. The van der Waals surface area contributed by atoms with E-state index in [9.17, 15) is 4.79 Å². The molecule has 0 saturated heterocycles. The highest BCUT2D eigenvalue weighted by atomic mass is 16.5. The van der Waals surface area contributed by atoms with Gasteiger partial charge in [0.2, 0.25) is 0 Å². The zero-order valence-electron chi connectivity index (χ0n) is 7.10. The van der Waals surface area contributed by atoms with Crippen molar-refractivity contribution >= 4 is 6.29 Å². The molecular formula is C8H10N2O3. The molecule has 0 aromatic heterocycles. The second-order valence-electron chi connectivity index (χ2n) is 2.32. The first-order valence-corrected chi connectivity index (χ1v) is 3.86. The summed E-state index contributed by atoms with van der Waals surface area (Å²) in [6, 6.07) is 0. The van der Waals surface area contributed by atoms with Crippen molar-refractivity contribution in [2.75, 3.05) is 6.61 Å². The molecule has 0 saturated carbocycles. The number of nitrogens with zero attached hydrogens (tertiary/aromatic N) is 2. The molecule has 0 amide bonds. The number of ether oxygens (including phenoxy) is 2. The summed E-state index contributed by atoms with van der Waals surface area (Å²) < 4.78 is 8.85. The van der Waals surface area contributed by atoms with Gasteiger partial charge in [-0.05, 0) is 19.3 Å². The van der Waals surface area contributed by atoms with Crippen molar-refractivity contribution in [2.24, 2.45) is 0 Å². The van der Waals surface area contributed by atoms with Gasteiger partial charge in [0, 0.05) is 0 Å². The summed E-state index contributed by atoms with van der Waals surface area (Å²) in [5.74, 6) is 0. The summed E-state index contributed by atoms with van der Waals surface area (Å²) in [6.07, 6.45) is 4.77. The Balaban J connectivity index is 3.35. The van der Waals surface area contributed by atoms with E-state index in [1.165, 1.54) is 6.26 Å². The van der Waals surface area contributed by atoms with E-state index >= 15 is 0 Å². The summed E-state index contributed by atoms with van der Waals surface area (Å²) in [7, 11) is 0. The molecule has 0 aliphatic heterocycles. The van der Waals surface area contributed by atoms with Gasteiger partial charge in [-0.25, -0.2) is 0 Å². The van der Waals surface area contributed by atoms with Crippen molar-refractivity contribution in [3.63, 3.8) is 0 Å². The second-order valence-corrected chi connectivity index (χ2v) is 2.32. The Bertz CT molecular complexity index is 216. The molecule has 0 aliphatic carbocycles. The summed E-state index contributed by atoms with van der Waals surface area (Å²) in [6.45, 7) is 0.342. The van der Waals surface area contributed by atoms with Crippen LogP contribution in [0.5, 0.6) is 0 Å². The third kappa shape index (κ3) is 6.64. The van der Waals surface area contributed by atoms with Gasteiger partial charge in [0.1, 0.15) is 6.61 Å². The minimum atomic E-state index is -0.660. The van der Waals surface area contributed by atoms with Gasteiger partial charge < -0.3 is 9.47 Å². The molecular weight excluding hydrogens is 172 g/mol. The van der Waals surface area contributed by atoms with Crippen LogP contribution in [0.25, 0.3) is 0 Å². The third-order valence-electron chi connectivity index (χ3n) is 1.41. The smallest absolute Gasteiger partial charge is 0.287 e. The number of rotatable bonds is 7. The highest BCUT2D eigenvalue weighted by Crippen LogP contribution is 2.02. The lowest BCUT2D eigenvalue weighted by Gasteiger charge is -2.04. The van der Waals surface area contributed by atoms with E-state index in [1.807, 2.05) is 0 Å². The second kappa shape index (κ2) is 8.35.